The Hall–Kier alpha value is -1.79. The predicted octanol–water partition coefficient (Wildman–Crippen LogP) is 0.784. The Morgan fingerprint density at radius 3 is 2.43 bits per heavy atom. The fourth-order valence-electron chi connectivity index (χ4n) is 2.61. The van der Waals surface area contributed by atoms with E-state index in [0.717, 1.165) is 19.3 Å². The Morgan fingerprint density at radius 2 is 1.95 bits per heavy atom. The van der Waals surface area contributed by atoms with Crippen LogP contribution in [0, 0.1) is 11.8 Å². The maximum Gasteiger partial charge on any atom is 0.317 e. The zero-order valence-corrected chi connectivity index (χ0v) is 12.5. The summed E-state index contributed by atoms with van der Waals surface area (Å²) in [6, 6.07) is -0.227. The Bertz CT molecular complexity index is 378. The smallest absolute Gasteiger partial charge is 0.317 e. The lowest BCUT2D eigenvalue weighted by molar-refractivity contribution is -0.141. The van der Waals surface area contributed by atoms with Gasteiger partial charge < -0.3 is 21.1 Å². The van der Waals surface area contributed by atoms with Gasteiger partial charge in [-0.05, 0) is 25.2 Å². The number of primary amides is 1. The highest BCUT2D eigenvalue weighted by Crippen LogP contribution is 2.20. The number of carbonyl (C=O) groups is 3. The molecular formula is C14H25N3O4. The van der Waals surface area contributed by atoms with Crippen LogP contribution >= 0.6 is 0 Å². The number of rotatable bonds is 7. The molecule has 1 heterocycles. The van der Waals surface area contributed by atoms with Gasteiger partial charge in [0.25, 0.3) is 0 Å². The first kappa shape index (κ1) is 17.3. The number of piperidine rings is 1. The number of amides is 3. The number of nitrogens with two attached hydrogens (primary N) is 1. The van der Waals surface area contributed by atoms with Crippen molar-refractivity contribution in [1.29, 1.82) is 0 Å². The zero-order chi connectivity index (χ0) is 15.8. The van der Waals surface area contributed by atoms with E-state index in [9.17, 15) is 14.4 Å². The average Bonchev–Trinajstić information content (AvgIpc) is 2.43. The fourth-order valence-corrected chi connectivity index (χ4v) is 2.61. The van der Waals surface area contributed by atoms with Gasteiger partial charge >= 0.3 is 12.0 Å². The third-order valence-electron chi connectivity index (χ3n) is 3.88. The normalized spacial score (nSPS) is 17.3. The minimum Gasteiger partial charge on any atom is -0.481 e. The highest BCUT2D eigenvalue weighted by Gasteiger charge is 2.25. The Kier molecular flexibility index (Phi) is 6.98. The minimum atomic E-state index is -0.877. The van der Waals surface area contributed by atoms with Crippen LogP contribution in [0.1, 0.15) is 39.0 Å². The summed E-state index contributed by atoms with van der Waals surface area (Å²) in [7, 11) is 0. The summed E-state index contributed by atoms with van der Waals surface area (Å²) in [6.45, 7) is 3.23. The standard InChI is InChI=1S/C14H25N3O4/c1-2-3-11(13(19)20)9-16-14(21)17-6-4-10(5-7-17)8-12(15)18/h10-11H,2-9H2,1H3,(H2,15,18)(H,16,21)(H,19,20). The van der Waals surface area contributed by atoms with Gasteiger partial charge in [-0.15, -0.1) is 0 Å². The molecule has 0 radical (unpaired) electrons. The topological polar surface area (TPSA) is 113 Å². The van der Waals surface area contributed by atoms with Crippen molar-refractivity contribution in [2.75, 3.05) is 19.6 Å². The molecule has 7 nitrogen and oxygen atoms in total. The van der Waals surface area contributed by atoms with E-state index in [1.54, 1.807) is 4.90 Å². The van der Waals surface area contributed by atoms with Crippen LogP contribution in [0.25, 0.3) is 0 Å². The molecule has 21 heavy (non-hydrogen) atoms. The molecule has 0 saturated carbocycles. The van der Waals surface area contributed by atoms with E-state index in [1.165, 1.54) is 0 Å². The van der Waals surface area contributed by atoms with Crippen LogP contribution in [-0.2, 0) is 9.59 Å². The van der Waals surface area contributed by atoms with Crippen molar-refractivity contribution in [3.05, 3.63) is 0 Å². The summed E-state index contributed by atoms with van der Waals surface area (Å²) in [5.74, 6) is -1.47. The number of nitrogens with zero attached hydrogens (tertiary/aromatic N) is 1. The highest BCUT2D eigenvalue weighted by molar-refractivity contribution is 5.76. The number of carbonyl (C=O) groups excluding carboxylic acids is 2. The number of hydrogen-bond donors (Lipinski definition) is 3. The molecule has 7 heteroatoms. The number of nitrogens with one attached hydrogen (secondary N) is 1. The molecule has 0 aromatic carbocycles. The maximum atomic E-state index is 12.0. The van der Waals surface area contributed by atoms with Crippen LogP contribution in [0.15, 0.2) is 0 Å². The molecule has 4 N–H and O–H groups in total. The van der Waals surface area contributed by atoms with E-state index >= 15 is 0 Å². The average molecular weight is 299 g/mol. The third kappa shape index (κ3) is 6.01. The maximum absolute atomic E-state index is 12.0. The van der Waals surface area contributed by atoms with Gasteiger partial charge in [-0.2, -0.15) is 0 Å². The second-order valence-electron chi connectivity index (χ2n) is 5.61. The molecule has 1 fully saturated rings. The van der Waals surface area contributed by atoms with Crippen molar-refractivity contribution in [1.82, 2.24) is 10.2 Å². The summed E-state index contributed by atoms with van der Waals surface area (Å²) in [6.07, 6.45) is 3.20. The number of hydrogen-bond acceptors (Lipinski definition) is 3. The first-order valence-corrected chi connectivity index (χ1v) is 7.47. The number of carboxylic acids is 1. The van der Waals surface area contributed by atoms with E-state index in [1.807, 2.05) is 6.92 Å². The van der Waals surface area contributed by atoms with Crippen LogP contribution in [0.2, 0.25) is 0 Å². The van der Waals surface area contributed by atoms with Crippen LogP contribution in [0.5, 0.6) is 0 Å². The minimum absolute atomic E-state index is 0.156. The molecule has 1 rings (SSSR count). The largest absolute Gasteiger partial charge is 0.481 e. The lowest BCUT2D eigenvalue weighted by Crippen LogP contribution is -2.46. The molecule has 0 aromatic heterocycles. The van der Waals surface area contributed by atoms with E-state index < -0.39 is 11.9 Å². The Labute approximate surface area is 124 Å². The summed E-state index contributed by atoms with van der Waals surface area (Å²) < 4.78 is 0. The van der Waals surface area contributed by atoms with Gasteiger partial charge in [-0.25, -0.2) is 4.79 Å². The van der Waals surface area contributed by atoms with Crippen molar-refractivity contribution < 1.29 is 19.5 Å². The van der Waals surface area contributed by atoms with Crippen molar-refractivity contribution in [3.8, 4) is 0 Å². The van der Waals surface area contributed by atoms with Gasteiger partial charge in [0.1, 0.15) is 0 Å². The van der Waals surface area contributed by atoms with Crippen molar-refractivity contribution >= 4 is 17.9 Å². The van der Waals surface area contributed by atoms with Gasteiger partial charge in [0.15, 0.2) is 0 Å². The van der Waals surface area contributed by atoms with Crippen LogP contribution in [0.3, 0.4) is 0 Å². The van der Waals surface area contributed by atoms with Gasteiger partial charge in [-0.3, -0.25) is 9.59 Å². The lowest BCUT2D eigenvalue weighted by atomic mass is 9.93. The van der Waals surface area contributed by atoms with Crippen LogP contribution < -0.4 is 11.1 Å². The quantitative estimate of drug-likeness (QED) is 0.644. The molecule has 1 aliphatic rings. The summed E-state index contributed by atoms with van der Waals surface area (Å²) >= 11 is 0. The summed E-state index contributed by atoms with van der Waals surface area (Å²) in [5.41, 5.74) is 5.17. The second-order valence-corrected chi connectivity index (χ2v) is 5.61. The number of carboxylic acid groups (broad SMARTS) is 1. The number of urea groups is 1. The fraction of sp³-hybridized carbons (Fsp3) is 0.786. The number of likely N-dealkylation sites (tertiary alicyclic amines) is 1. The zero-order valence-electron chi connectivity index (χ0n) is 12.5. The van der Waals surface area contributed by atoms with Crippen LogP contribution in [-0.4, -0.2) is 47.5 Å². The van der Waals surface area contributed by atoms with E-state index in [0.29, 0.717) is 25.9 Å². The first-order chi connectivity index (χ1) is 9.93. The van der Waals surface area contributed by atoms with Gasteiger partial charge in [0.2, 0.25) is 5.91 Å². The third-order valence-corrected chi connectivity index (χ3v) is 3.88. The van der Waals surface area contributed by atoms with Crippen molar-refractivity contribution in [3.63, 3.8) is 0 Å². The first-order valence-electron chi connectivity index (χ1n) is 7.47. The molecule has 3 amide bonds. The molecule has 1 aliphatic heterocycles. The molecule has 0 bridgehead atoms. The SMILES string of the molecule is CCCC(CNC(=O)N1CCC(CC(N)=O)CC1)C(=O)O. The molecular weight excluding hydrogens is 274 g/mol. The van der Waals surface area contributed by atoms with Gasteiger partial charge in [0, 0.05) is 26.1 Å². The van der Waals surface area contributed by atoms with E-state index in [2.05, 4.69) is 5.32 Å². The van der Waals surface area contributed by atoms with Gasteiger partial charge in [-0.1, -0.05) is 13.3 Å². The van der Waals surface area contributed by atoms with E-state index in [-0.39, 0.29) is 24.4 Å². The molecule has 1 saturated heterocycles. The van der Waals surface area contributed by atoms with Crippen molar-refractivity contribution in [2.24, 2.45) is 17.6 Å². The Balaban J connectivity index is 2.33. The molecule has 1 atom stereocenters. The molecule has 120 valence electrons. The Morgan fingerprint density at radius 1 is 1.33 bits per heavy atom. The van der Waals surface area contributed by atoms with E-state index in [4.69, 9.17) is 10.8 Å². The summed E-state index contributed by atoms with van der Waals surface area (Å²) in [5, 5.41) is 11.7. The number of aliphatic carboxylic acids is 1. The monoisotopic (exact) mass is 299 g/mol. The highest BCUT2D eigenvalue weighted by atomic mass is 16.4. The molecule has 0 spiro atoms. The van der Waals surface area contributed by atoms with Gasteiger partial charge in [0.05, 0.1) is 5.92 Å². The van der Waals surface area contributed by atoms with Crippen molar-refractivity contribution in [2.45, 2.75) is 39.0 Å². The second kappa shape index (κ2) is 8.49. The molecule has 0 aliphatic carbocycles. The molecule has 0 aromatic rings. The predicted molar refractivity (Wildman–Crippen MR) is 77.5 cm³/mol. The summed E-state index contributed by atoms with van der Waals surface area (Å²) in [4.78, 5) is 35.5. The van der Waals surface area contributed by atoms with Crippen LogP contribution in [0.4, 0.5) is 4.79 Å². The molecule has 1 unspecified atom stereocenters. The lowest BCUT2D eigenvalue weighted by Gasteiger charge is -2.31.